The minimum absolute atomic E-state index is 0.332. The van der Waals surface area contributed by atoms with Crippen molar-refractivity contribution in [3.8, 4) is 5.75 Å². The van der Waals surface area contributed by atoms with Gasteiger partial charge in [-0.3, -0.25) is 4.98 Å². The number of ether oxygens (including phenoxy) is 1. The maximum absolute atomic E-state index is 11.5. The fourth-order valence-electron chi connectivity index (χ4n) is 1.30. The normalized spacial score (nSPS) is 10.9. The van der Waals surface area contributed by atoms with E-state index in [1.807, 2.05) is 0 Å². The summed E-state index contributed by atoms with van der Waals surface area (Å²) in [5.41, 5.74) is 0.0550. The molecule has 0 saturated heterocycles. The molecule has 0 radical (unpaired) electrons. The predicted molar refractivity (Wildman–Crippen MR) is 64.6 cm³/mol. The number of carboxylic acid groups (broad SMARTS) is 1. The van der Waals surface area contributed by atoms with Gasteiger partial charge in [0.25, 0.3) is 0 Å². The quantitative estimate of drug-likeness (QED) is 0.853. The van der Waals surface area contributed by atoms with E-state index in [1.165, 1.54) is 13.8 Å². The molecule has 0 fully saturated rings. The van der Waals surface area contributed by atoms with Gasteiger partial charge in [0.2, 0.25) is 0 Å². The summed E-state index contributed by atoms with van der Waals surface area (Å²) in [4.78, 5) is 26.5. The summed E-state index contributed by atoms with van der Waals surface area (Å²) in [5, 5.41) is 11.1. The van der Waals surface area contributed by atoms with Gasteiger partial charge in [-0.1, -0.05) is 0 Å². The van der Waals surface area contributed by atoms with E-state index in [0.717, 1.165) is 11.4 Å². The zero-order valence-corrected chi connectivity index (χ0v) is 10.8. The van der Waals surface area contributed by atoms with Gasteiger partial charge in [-0.2, -0.15) is 0 Å². The van der Waals surface area contributed by atoms with Crippen molar-refractivity contribution >= 4 is 12.1 Å². The highest BCUT2D eigenvalue weighted by atomic mass is 16.6. The molecule has 0 aliphatic rings. The number of carboxylic acids is 1. The number of aliphatic carboxylic acids is 1. The first kappa shape index (κ1) is 14.0. The lowest BCUT2D eigenvalue weighted by Crippen LogP contribution is -2.50. The topological polar surface area (TPSA) is 88.5 Å². The van der Waals surface area contributed by atoms with Gasteiger partial charge in [-0.25, -0.2) is 9.59 Å². The first-order valence-corrected chi connectivity index (χ1v) is 5.39. The van der Waals surface area contributed by atoms with E-state index in [4.69, 9.17) is 9.84 Å². The van der Waals surface area contributed by atoms with Crippen LogP contribution in [0.15, 0.2) is 12.1 Å². The number of nitrogens with zero attached hydrogens (tertiary/aromatic N) is 1. The van der Waals surface area contributed by atoms with E-state index >= 15 is 0 Å². The summed E-state index contributed by atoms with van der Waals surface area (Å²) in [6.45, 7) is 6.30. The summed E-state index contributed by atoms with van der Waals surface area (Å²) in [5.74, 6) is -0.805. The highest BCUT2D eigenvalue weighted by Crippen LogP contribution is 2.14. The lowest BCUT2D eigenvalue weighted by atomic mass is 10.1. The summed E-state index contributed by atoms with van der Waals surface area (Å²) in [6.07, 6.45) is -0.813. The Labute approximate surface area is 105 Å². The van der Waals surface area contributed by atoms with Crippen LogP contribution in [0.5, 0.6) is 5.75 Å². The molecule has 18 heavy (non-hydrogen) atoms. The monoisotopic (exact) mass is 252 g/mol. The molecule has 0 unspecified atom stereocenters. The second-order valence-corrected chi connectivity index (χ2v) is 4.53. The Morgan fingerprint density at radius 1 is 1.28 bits per heavy atom. The molecular weight excluding hydrogens is 236 g/mol. The third-order valence-electron chi connectivity index (χ3n) is 2.21. The van der Waals surface area contributed by atoms with Crippen molar-refractivity contribution in [2.24, 2.45) is 0 Å². The summed E-state index contributed by atoms with van der Waals surface area (Å²) < 4.78 is 5.01. The van der Waals surface area contributed by atoms with Crippen molar-refractivity contribution in [2.75, 3.05) is 0 Å². The second-order valence-electron chi connectivity index (χ2n) is 4.53. The Balaban J connectivity index is 2.73. The van der Waals surface area contributed by atoms with E-state index in [-0.39, 0.29) is 0 Å². The van der Waals surface area contributed by atoms with Crippen molar-refractivity contribution in [3.05, 3.63) is 23.5 Å². The zero-order chi connectivity index (χ0) is 13.9. The molecule has 2 N–H and O–H groups in total. The van der Waals surface area contributed by atoms with E-state index in [0.29, 0.717) is 5.75 Å². The smallest absolute Gasteiger partial charge is 0.413 e. The number of rotatable bonds is 3. The Morgan fingerprint density at radius 2 is 1.78 bits per heavy atom. The molecule has 0 aliphatic carbocycles. The lowest BCUT2D eigenvalue weighted by Gasteiger charge is -2.20. The largest absolute Gasteiger partial charge is 0.480 e. The van der Waals surface area contributed by atoms with Crippen molar-refractivity contribution in [1.82, 2.24) is 10.3 Å². The van der Waals surface area contributed by atoms with Crippen LogP contribution in [-0.4, -0.2) is 27.7 Å². The Morgan fingerprint density at radius 3 is 2.22 bits per heavy atom. The number of aryl methyl sites for hydroxylation is 2. The first-order chi connectivity index (χ1) is 8.20. The molecule has 0 aromatic carbocycles. The number of hydrogen-bond donors (Lipinski definition) is 2. The molecule has 0 saturated carbocycles. The minimum atomic E-state index is -1.38. The molecule has 0 bridgehead atoms. The maximum Gasteiger partial charge on any atom is 0.413 e. The van der Waals surface area contributed by atoms with Crippen molar-refractivity contribution < 1.29 is 19.4 Å². The molecule has 0 aliphatic heterocycles. The molecular formula is C12H16N2O4. The van der Waals surface area contributed by atoms with Crippen LogP contribution in [0.25, 0.3) is 0 Å². The van der Waals surface area contributed by atoms with Crippen LogP contribution in [0.3, 0.4) is 0 Å². The molecule has 1 aromatic heterocycles. The zero-order valence-electron chi connectivity index (χ0n) is 10.8. The molecule has 0 atom stereocenters. The van der Waals surface area contributed by atoms with Gasteiger partial charge in [0.05, 0.1) is 0 Å². The molecule has 0 spiro atoms. The average molecular weight is 252 g/mol. The standard InChI is InChI=1S/C12H16N2O4/c1-7-5-9(6-8(2)13-7)18-11(17)14-12(3,4)10(15)16/h5-6H,1-4H3,(H,14,17)(H,15,16). The third-order valence-corrected chi connectivity index (χ3v) is 2.21. The molecule has 1 rings (SSSR count). The van der Waals surface area contributed by atoms with Crippen LogP contribution in [0.1, 0.15) is 25.2 Å². The van der Waals surface area contributed by atoms with Crippen LogP contribution in [0.4, 0.5) is 4.79 Å². The fourth-order valence-corrected chi connectivity index (χ4v) is 1.30. The lowest BCUT2D eigenvalue weighted by molar-refractivity contribution is -0.143. The highest BCUT2D eigenvalue weighted by molar-refractivity contribution is 5.84. The highest BCUT2D eigenvalue weighted by Gasteiger charge is 2.29. The number of aromatic nitrogens is 1. The van der Waals surface area contributed by atoms with Crippen LogP contribution < -0.4 is 10.1 Å². The average Bonchev–Trinajstić information content (AvgIpc) is 2.13. The number of carbonyl (C=O) groups is 2. The van der Waals surface area contributed by atoms with Crippen molar-refractivity contribution in [1.29, 1.82) is 0 Å². The molecule has 98 valence electrons. The molecule has 1 heterocycles. The first-order valence-electron chi connectivity index (χ1n) is 5.39. The number of hydrogen-bond acceptors (Lipinski definition) is 4. The molecule has 1 amide bonds. The predicted octanol–water partition coefficient (Wildman–Crippen LogP) is 1.65. The van der Waals surface area contributed by atoms with E-state index < -0.39 is 17.6 Å². The molecule has 6 nitrogen and oxygen atoms in total. The Bertz CT molecular complexity index is 463. The van der Waals surface area contributed by atoms with Gasteiger partial charge in [-0.05, 0) is 27.7 Å². The van der Waals surface area contributed by atoms with E-state index in [9.17, 15) is 9.59 Å². The van der Waals surface area contributed by atoms with Crippen molar-refractivity contribution in [3.63, 3.8) is 0 Å². The number of carbonyl (C=O) groups excluding carboxylic acids is 1. The number of pyridine rings is 1. The maximum atomic E-state index is 11.5. The van der Waals surface area contributed by atoms with Gasteiger partial charge >= 0.3 is 12.1 Å². The van der Waals surface area contributed by atoms with Gasteiger partial charge in [-0.15, -0.1) is 0 Å². The van der Waals surface area contributed by atoms with Crippen LogP contribution >= 0.6 is 0 Å². The van der Waals surface area contributed by atoms with Gasteiger partial charge in [0.15, 0.2) is 0 Å². The van der Waals surface area contributed by atoms with Gasteiger partial charge in [0, 0.05) is 23.5 Å². The third kappa shape index (κ3) is 3.73. The SMILES string of the molecule is Cc1cc(OC(=O)NC(C)(C)C(=O)O)cc(C)n1. The summed E-state index contributed by atoms with van der Waals surface area (Å²) in [7, 11) is 0. The fraction of sp³-hybridized carbons (Fsp3) is 0.417. The van der Waals surface area contributed by atoms with E-state index in [2.05, 4.69) is 10.3 Å². The minimum Gasteiger partial charge on any atom is -0.480 e. The van der Waals surface area contributed by atoms with Crippen LogP contribution in [0, 0.1) is 13.8 Å². The number of nitrogens with one attached hydrogen (secondary N) is 1. The second kappa shape index (κ2) is 5.03. The van der Waals surface area contributed by atoms with Gasteiger partial charge in [0.1, 0.15) is 11.3 Å². The Hall–Kier alpha value is -2.11. The van der Waals surface area contributed by atoms with Gasteiger partial charge < -0.3 is 15.2 Å². The Kier molecular flexibility index (Phi) is 3.90. The summed E-state index contributed by atoms with van der Waals surface area (Å²) >= 11 is 0. The number of amides is 1. The molecule has 1 aromatic rings. The van der Waals surface area contributed by atoms with Crippen LogP contribution in [0.2, 0.25) is 0 Å². The molecule has 6 heteroatoms. The van der Waals surface area contributed by atoms with E-state index in [1.54, 1.807) is 26.0 Å². The summed E-state index contributed by atoms with van der Waals surface area (Å²) in [6, 6.07) is 3.20. The van der Waals surface area contributed by atoms with Crippen molar-refractivity contribution in [2.45, 2.75) is 33.2 Å². The van der Waals surface area contributed by atoms with Crippen LogP contribution in [-0.2, 0) is 4.79 Å².